The Morgan fingerprint density at radius 2 is 2.22 bits per heavy atom. The maximum Gasteiger partial charge on any atom is 0.158 e. The highest BCUT2D eigenvalue weighted by Gasteiger charge is 2.15. The lowest BCUT2D eigenvalue weighted by atomic mass is 10.4. The van der Waals surface area contributed by atoms with Gasteiger partial charge in [0.05, 0.1) is 25.8 Å². The van der Waals surface area contributed by atoms with Crippen LogP contribution in [0.2, 0.25) is 5.02 Å². The van der Waals surface area contributed by atoms with Crippen molar-refractivity contribution in [2.24, 2.45) is 0 Å². The van der Waals surface area contributed by atoms with Crippen LogP contribution in [-0.4, -0.2) is 27.0 Å². The topological polar surface area (TPSA) is 105 Å². The highest BCUT2D eigenvalue weighted by Crippen LogP contribution is 2.37. The molecule has 0 spiro atoms. The van der Waals surface area contributed by atoms with Gasteiger partial charge in [0.15, 0.2) is 5.82 Å². The first-order valence-electron chi connectivity index (χ1n) is 6.89. The fourth-order valence-corrected chi connectivity index (χ4v) is 4.13. The molecule has 0 radical (unpaired) electrons. The second-order valence-electron chi connectivity index (χ2n) is 4.89. The van der Waals surface area contributed by atoms with Crippen LogP contribution >= 0.6 is 23.4 Å². The Morgan fingerprint density at radius 1 is 1.48 bits per heavy atom. The first-order valence-corrected chi connectivity index (χ1v) is 10.1. The fourth-order valence-electron chi connectivity index (χ4n) is 1.78. The summed E-state index contributed by atoms with van der Waals surface area (Å²) in [5.74, 6) is 0.914. The van der Waals surface area contributed by atoms with Crippen molar-refractivity contribution in [1.29, 1.82) is 4.78 Å². The summed E-state index contributed by atoms with van der Waals surface area (Å²) in [6, 6.07) is 5.07. The SMILES string of the molecule is CCCNc1cnc(Sc2cccc(S(C)(=N)=O)c2Cl)c(N)n1. The molecule has 1 unspecified atom stereocenters. The minimum absolute atomic E-state index is 0.286. The van der Waals surface area contributed by atoms with Crippen molar-refractivity contribution in [2.45, 2.75) is 28.2 Å². The molecule has 0 bridgehead atoms. The molecule has 2 rings (SSSR count). The van der Waals surface area contributed by atoms with E-state index in [1.54, 1.807) is 24.4 Å². The Kier molecular flexibility index (Phi) is 5.72. The predicted molar refractivity (Wildman–Crippen MR) is 95.9 cm³/mol. The van der Waals surface area contributed by atoms with Crippen LogP contribution in [0.15, 0.2) is 39.2 Å². The molecule has 0 aliphatic carbocycles. The Bertz CT molecular complexity index is 811. The number of anilines is 2. The summed E-state index contributed by atoms with van der Waals surface area (Å²) in [4.78, 5) is 9.49. The number of rotatable bonds is 6. The molecule has 0 saturated heterocycles. The van der Waals surface area contributed by atoms with Crippen molar-refractivity contribution >= 4 is 44.7 Å². The van der Waals surface area contributed by atoms with Crippen molar-refractivity contribution in [3.8, 4) is 0 Å². The van der Waals surface area contributed by atoms with Crippen molar-refractivity contribution in [2.75, 3.05) is 23.9 Å². The van der Waals surface area contributed by atoms with Gasteiger partial charge in [-0.25, -0.2) is 19.0 Å². The molecule has 23 heavy (non-hydrogen) atoms. The van der Waals surface area contributed by atoms with E-state index in [1.807, 2.05) is 0 Å². The summed E-state index contributed by atoms with van der Waals surface area (Å²) in [7, 11) is -2.90. The van der Waals surface area contributed by atoms with Gasteiger partial charge < -0.3 is 11.1 Å². The minimum atomic E-state index is -2.90. The Balaban J connectivity index is 2.30. The second-order valence-corrected chi connectivity index (χ2v) is 8.42. The van der Waals surface area contributed by atoms with Crippen molar-refractivity contribution in [3.63, 3.8) is 0 Å². The average molecular weight is 372 g/mol. The number of nitrogen functional groups attached to an aromatic ring is 1. The largest absolute Gasteiger partial charge is 0.381 e. The van der Waals surface area contributed by atoms with E-state index < -0.39 is 9.73 Å². The van der Waals surface area contributed by atoms with Gasteiger partial charge in [-0.1, -0.05) is 36.4 Å². The molecule has 9 heteroatoms. The maximum atomic E-state index is 11.9. The summed E-state index contributed by atoms with van der Waals surface area (Å²) in [5.41, 5.74) is 5.94. The van der Waals surface area contributed by atoms with Crippen LogP contribution in [0, 0.1) is 4.78 Å². The van der Waals surface area contributed by atoms with Crippen LogP contribution in [0.25, 0.3) is 0 Å². The molecule has 1 aromatic heterocycles. The van der Waals surface area contributed by atoms with Crippen LogP contribution in [0.5, 0.6) is 0 Å². The first kappa shape index (κ1) is 17.8. The van der Waals surface area contributed by atoms with E-state index in [4.69, 9.17) is 22.1 Å². The van der Waals surface area contributed by atoms with E-state index >= 15 is 0 Å². The van der Waals surface area contributed by atoms with E-state index in [1.165, 1.54) is 18.0 Å². The zero-order valence-electron chi connectivity index (χ0n) is 12.8. The fraction of sp³-hybridized carbons (Fsp3) is 0.286. The van der Waals surface area contributed by atoms with Crippen molar-refractivity contribution in [3.05, 3.63) is 29.4 Å². The number of nitrogens with one attached hydrogen (secondary N) is 2. The number of nitrogens with zero attached hydrogens (tertiary/aromatic N) is 2. The van der Waals surface area contributed by atoms with Gasteiger partial charge in [-0.3, -0.25) is 0 Å². The molecule has 1 aromatic carbocycles. The molecular formula is C14H18ClN5OS2. The molecule has 0 saturated carbocycles. The van der Waals surface area contributed by atoms with E-state index in [0.29, 0.717) is 26.5 Å². The predicted octanol–water partition coefficient (Wildman–Crippen LogP) is 3.72. The van der Waals surface area contributed by atoms with E-state index in [9.17, 15) is 4.21 Å². The number of hydrogen-bond donors (Lipinski definition) is 3. The quantitative estimate of drug-likeness (QED) is 0.714. The molecule has 6 nitrogen and oxygen atoms in total. The van der Waals surface area contributed by atoms with Gasteiger partial charge in [0, 0.05) is 17.7 Å². The minimum Gasteiger partial charge on any atom is -0.381 e. The number of nitrogens with two attached hydrogens (primary N) is 1. The molecule has 1 atom stereocenters. The number of hydrogen-bond acceptors (Lipinski definition) is 7. The van der Waals surface area contributed by atoms with Gasteiger partial charge in [-0.15, -0.1) is 0 Å². The third-order valence-corrected chi connectivity index (χ3v) is 5.75. The van der Waals surface area contributed by atoms with Crippen LogP contribution in [0.3, 0.4) is 0 Å². The lowest BCUT2D eigenvalue weighted by molar-refractivity contribution is 0.679. The molecule has 124 valence electrons. The molecule has 0 aliphatic rings. The van der Waals surface area contributed by atoms with Crippen LogP contribution in [-0.2, 0) is 9.73 Å². The monoisotopic (exact) mass is 371 g/mol. The third-order valence-electron chi connectivity index (χ3n) is 2.87. The van der Waals surface area contributed by atoms with Crippen LogP contribution in [0.1, 0.15) is 13.3 Å². The maximum absolute atomic E-state index is 11.9. The molecule has 0 fully saturated rings. The van der Waals surface area contributed by atoms with Gasteiger partial charge in [-0.05, 0) is 18.6 Å². The lowest BCUT2D eigenvalue weighted by Gasteiger charge is -2.10. The van der Waals surface area contributed by atoms with Gasteiger partial charge in [0.2, 0.25) is 0 Å². The van der Waals surface area contributed by atoms with Crippen LogP contribution in [0.4, 0.5) is 11.6 Å². The molecular weight excluding hydrogens is 354 g/mol. The summed E-state index contributed by atoms with van der Waals surface area (Å²) in [6.45, 7) is 2.85. The molecule has 0 aliphatic heterocycles. The molecule has 1 heterocycles. The van der Waals surface area contributed by atoms with E-state index in [0.717, 1.165) is 13.0 Å². The Morgan fingerprint density at radius 3 is 2.83 bits per heavy atom. The van der Waals surface area contributed by atoms with Gasteiger partial charge >= 0.3 is 0 Å². The second kappa shape index (κ2) is 7.37. The van der Waals surface area contributed by atoms with Crippen molar-refractivity contribution in [1.82, 2.24) is 9.97 Å². The van der Waals surface area contributed by atoms with E-state index in [2.05, 4.69) is 22.2 Å². The zero-order valence-corrected chi connectivity index (χ0v) is 15.2. The van der Waals surface area contributed by atoms with Gasteiger partial charge in [0.25, 0.3) is 0 Å². The van der Waals surface area contributed by atoms with Gasteiger partial charge in [-0.2, -0.15) is 0 Å². The average Bonchev–Trinajstić information content (AvgIpc) is 2.48. The summed E-state index contributed by atoms with van der Waals surface area (Å²) in [6.07, 6.45) is 3.93. The summed E-state index contributed by atoms with van der Waals surface area (Å²) in [5, 5.41) is 3.91. The molecule has 4 N–H and O–H groups in total. The molecule has 0 amide bonds. The van der Waals surface area contributed by atoms with Crippen LogP contribution < -0.4 is 11.1 Å². The Labute approximate surface area is 145 Å². The highest BCUT2D eigenvalue weighted by molar-refractivity contribution is 7.99. The number of benzene rings is 1. The normalized spacial score (nSPS) is 13.5. The number of halogens is 1. The number of aromatic nitrogens is 2. The first-order chi connectivity index (χ1) is 10.8. The summed E-state index contributed by atoms with van der Waals surface area (Å²) >= 11 is 7.51. The third kappa shape index (κ3) is 4.49. The molecule has 2 aromatic rings. The lowest BCUT2D eigenvalue weighted by Crippen LogP contribution is -2.05. The van der Waals surface area contributed by atoms with Gasteiger partial charge in [0.1, 0.15) is 10.8 Å². The Hall–Kier alpha value is -1.51. The standard InChI is InChI=1S/C14H18ClN5OS2/c1-3-7-18-11-8-19-14(13(16)20-11)22-9-5-4-6-10(12(9)15)23(2,17)21/h4-6,8,17H,3,7H2,1-2H3,(H3,16,18,20). The highest BCUT2D eigenvalue weighted by atomic mass is 35.5. The summed E-state index contributed by atoms with van der Waals surface area (Å²) < 4.78 is 19.6. The zero-order chi connectivity index (χ0) is 17.0. The van der Waals surface area contributed by atoms with E-state index in [-0.39, 0.29) is 5.02 Å². The smallest absolute Gasteiger partial charge is 0.158 e. The van der Waals surface area contributed by atoms with Crippen molar-refractivity contribution < 1.29 is 4.21 Å².